The first-order valence-corrected chi connectivity index (χ1v) is 8.84. The number of ether oxygens (including phenoxy) is 1. The van der Waals surface area contributed by atoms with E-state index in [0.29, 0.717) is 21.8 Å². The number of aliphatic hydroxyl groups is 4. The van der Waals surface area contributed by atoms with Gasteiger partial charge in [-0.3, -0.25) is 0 Å². The molecule has 0 saturated carbocycles. The van der Waals surface area contributed by atoms with Crippen LogP contribution in [0.15, 0.2) is 30.3 Å². The highest BCUT2D eigenvalue weighted by Crippen LogP contribution is 2.34. The van der Waals surface area contributed by atoms with Crippen molar-refractivity contribution in [3.63, 3.8) is 0 Å². The molecule has 28 heavy (non-hydrogen) atoms. The number of halogens is 1. The number of aromatic nitrogens is 2. The monoisotopic (exact) mass is 410 g/mol. The molecule has 9 nitrogen and oxygen atoms in total. The van der Waals surface area contributed by atoms with Gasteiger partial charge in [-0.15, -0.1) is 5.10 Å². The Bertz CT molecular complexity index is 846. The van der Waals surface area contributed by atoms with Crippen molar-refractivity contribution in [2.45, 2.75) is 36.9 Å². The molecule has 0 bridgehead atoms. The SMILES string of the molecule is O=C(O)c1ccc(Cc2cc([C@@H]3O[C@H](CO)[C@@H](O)[C@H](O)[C@H]3O)ccc2Cl)nn1. The lowest BCUT2D eigenvalue weighted by molar-refractivity contribution is -0.231. The van der Waals surface area contributed by atoms with Crippen molar-refractivity contribution in [1.82, 2.24) is 10.2 Å². The molecule has 150 valence electrons. The number of carbonyl (C=O) groups is 1. The minimum atomic E-state index is -1.48. The number of nitrogens with zero attached hydrogens (tertiary/aromatic N) is 2. The van der Waals surface area contributed by atoms with E-state index in [4.69, 9.17) is 21.4 Å². The molecule has 5 N–H and O–H groups in total. The predicted molar refractivity (Wildman–Crippen MR) is 96.0 cm³/mol. The normalized spacial score (nSPS) is 27.5. The maximum absolute atomic E-state index is 10.9. The molecule has 1 fully saturated rings. The number of hydrogen-bond acceptors (Lipinski definition) is 8. The smallest absolute Gasteiger partial charge is 0.356 e. The number of hydrogen-bond donors (Lipinski definition) is 5. The van der Waals surface area contributed by atoms with Gasteiger partial charge >= 0.3 is 5.97 Å². The van der Waals surface area contributed by atoms with Crippen LogP contribution in [0.2, 0.25) is 5.02 Å². The van der Waals surface area contributed by atoms with Crippen molar-refractivity contribution in [3.05, 3.63) is 57.9 Å². The van der Waals surface area contributed by atoms with Crippen molar-refractivity contribution in [2.75, 3.05) is 6.61 Å². The summed E-state index contributed by atoms with van der Waals surface area (Å²) in [5.41, 5.74) is 1.42. The van der Waals surface area contributed by atoms with Gasteiger partial charge in [-0.05, 0) is 29.3 Å². The highest BCUT2D eigenvalue weighted by atomic mass is 35.5. The molecule has 0 radical (unpaired) electrons. The second-order valence-corrected chi connectivity index (χ2v) is 6.90. The topological polar surface area (TPSA) is 153 Å². The molecule has 1 aliphatic heterocycles. The van der Waals surface area contributed by atoms with E-state index >= 15 is 0 Å². The number of carboxylic acid groups (broad SMARTS) is 1. The molecule has 0 unspecified atom stereocenters. The predicted octanol–water partition coefficient (Wildman–Crippen LogP) is -0.0661. The van der Waals surface area contributed by atoms with E-state index in [1.807, 2.05) is 0 Å². The van der Waals surface area contributed by atoms with Crippen LogP contribution < -0.4 is 0 Å². The Kier molecular flexibility index (Phi) is 6.23. The number of benzene rings is 1. The molecule has 0 amide bonds. The molecule has 1 aromatic carbocycles. The summed E-state index contributed by atoms with van der Waals surface area (Å²) in [5, 5.41) is 56.3. The maximum atomic E-state index is 10.9. The van der Waals surface area contributed by atoms with Crippen LogP contribution in [0.25, 0.3) is 0 Å². The minimum Gasteiger partial charge on any atom is -0.476 e. The van der Waals surface area contributed by atoms with E-state index in [1.54, 1.807) is 18.2 Å². The van der Waals surface area contributed by atoms with E-state index in [0.717, 1.165) is 0 Å². The van der Waals surface area contributed by atoms with Crippen LogP contribution in [0.1, 0.15) is 33.4 Å². The van der Waals surface area contributed by atoms with Crippen molar-refractivity contribution in [3.8, 4) is 0 Å². The van der Waals surface area contributed by atoms with Crippen LogP contribution >= 0.6 is 11.6 Å². The first-order chi connectivity index (χ1) is 13.3. The van der Waals surface area contributed by atoms with E-state index in [2.05, 4.69) is 10.2 Å². The second-order valence-electron chi connectivity index (χ2n) is 6.49. The van der Waals surface area contributed by atoms with Crippen LogP contribution in [-0.2, 0) is 11.2 Å². The Morgan fingerprint density at radius 3 is 2.43 bits per heavy atom. The van der Waals surface area contributed by atoms with Crippen molar-refractivity contribution in [2.24, 2.45) is 0 Å². The van der Waals surface area contributed by atoms with Gasteiger partial charge in [-0.25, -0.2) is 4.79 Å². The molecule has 0 spiro atoms. The third kappa shape index (κ3) is 4.14. The third-order valence-corrected chi connectivity index (χ3v) is 4.97. The molecule has 3 rings (SSSR count). The van der Waals surface area contributed by atoms with Gasteiger partial charge in [0.2, 0.25) is 0 Å². The summed E-state index contributed by atoms with van der Waals surface area (Å²) in [5.74, 6) is -1.18. The zero-order valence-electron chi connectivity index (χ0n) is 14.5. The van der Waals surface area contributed by atoms with Gasteiger partial charge in [0.1, 0.15) is 30.5 Å². The fourth-order valence-electron chi connectivity index (χ4n) is 3.05. The lowest BCUT2D eigenvalue weighted by Crippen LogP contribution is -2.55. The molecule has 10 heteroatoms. The molecular formula is C18H19ClN2O7. The highest BCUT2D eigenvalue weighted by molar-refractivity contribution is 6.31. The van der Waals surface area contributed by atoms with Crippen LogP contribution in [0.3, 0.4) is 0 Å². The van der Waals surface area contributed by atoms with Gasteiger partial charge in [0, 0.05) is 11.4 Å². The lowest BCUT2D eigenvalue weighted by Gasteiger charge is -2.40. The molecule has 1 saturated heterocycles. The number of rotatable bonds is 5. The minimum absolute atomic E-state index is 0.176. The average molecular weight is 411 g/mol. The fourth-order valence-corrected chi connectivity index (χ4v) is 3.23. The van der Waals surface area contributed by atoms with Gasteiger partial charge in [-0.2, -0.15) is 5.10 Å². The lowest BCUT2D eigenvalue weighted by atomic mass is 9.90. The Balaban J connectivity index is 1.85. The molecule has 1 aromatic heterocycles. The average Bonchev–Trinajstić information content (AvgIpc) is 2.69. The number of carboxylic acids is 1. The standard InChI is InChI=1S/C18H19ClN2O7/c19-11-3-1-8(17-16(25)15(24)14(23)13(7-22)28-17)5-9(11)6-10-2-4-12(18(26)27)21-20-10/h1-5,13-17,22-25H,6-7H2,(H,26,27)/t13-,14-,15+,16-,17+/m1/s1. The zero-order valence-corrected chi connectivity index (χ0v) is 15.3. The van der Waals surface area contributed by atoms with Crippen LogP contribution in [0, 0.1) is 0 Å². The molecule has 5 atom stereocenters. The van der Waals surface area contributed by atoms with Crippen molar-refractivity contribution in [1.29, 1.82) is 0 Å². The first-order valence-electron chi connectivity index (χ1n) is 8.46. The summed E-state index contributed by atoms with van der Waals surface area (Å²) in [6.45, 7) is -0.520. The largest absolute Gasteiger partial charge is 0.476 e. The molecule has 0 aliphatic carbocycles. The Morgan fingerprint density at radius 2 is 1.82 bits per heavy atom. The molecule has 2 heterocycles. The summed E-state index contributed by atoms with van der Waals surface area (Å²) < 4.78 is 5.56. The summed E-state index contributed by atoms with van der Waals surface area (Å²) in [7, 11) is 0. The Labute approximate surface area is 164 Å². The van der Waals surface area contributed by atoms with Gasteiger partial charge in [-0.1, -0.05) is 23.7 Å². The Hall–Kier alpha value is -2.14. The van der Waals surface area contributed by atoms with Gasteiger partial charge in [0.15, 0.2) is 5.69 Å². The van der Waals surface area contributed by atoms with Gasteiger partial charge in [0.05, 0.1) is 12.3 Å². The van der Waals surface area contributed by atoms with Crippen molar-refractivity contribution >= 4 is 17.6 Å². The molecule has 2 aromatic rings. The maximum Gasteiger partial charge on any atom is 0.356 e. The first kappa shape index (κ1) is 20.6. The molecular weight excluding hydrogens is 392 g/mol. The fraction of sp³-hybridized carbons (Fsp3) is 0.389. The summed E-state index contributed by atoms with van der Waals surface area (Å²) >= 11 is 6.24. The molecule has 1 aliphatic rings. The highest BCUT2D eigenvalue weighted by Gasteiger charge is 2.44. The van der Waals surface area contributed by atoms with Gasteiger partial charge < -0.3 is 30.3 Å². The second kappa shape index (κ2) is 8.48. The zero-order chi connectivity index (χ0) is 20.4. The van der Waals surface area contributed by atoms with Crippen LogP contribution in [0.4, 0.5) is 0 Å². The van der Waals surface area contributed by atoms with E-state index in [1.165, 1.54) is 12.1 Å². The summed E-state index contributed by atoms with van der Waals surface area (Å²) in [6.07, 6.45) is -6.07. The Morgan fingerprint density at radius 1 is 1.07 bits per heavy atom. The quantitative estimate of drug-likeness (QED) is 0.456. The van der Waals surface area contributed by atoms with Gasteiger partial charge in [0.25, 0.3) is 0 Å². The van der Waals surface area contributed by atoms with Crippen LogP contribution in [-0.4, -0.2) is 72.7 Å². The summed E-state index contributed by atoms with van der Waals surface area (Å²) in [4.78, 5) is 10.9. The van der Waals surface area contributed by atoms with E-state index in [-0.39, 0.29) is 12.1 Å². The van der Waals surface area contributed by atoms with E-state index < -0.39 is 43.1 Å². The van der Waals surface area contributed by atoms with E-state index in [9.17, 15) is 25.2 Å². The third-order valence-electron chi connectivity index (χ3n) is 4.60. The number of aliphatic hydroxyl groups excluding tert-OH is 4. The number of aromatic carboxylic acids is 1. The van der Waals surface area contributed by atoms with Crippen molar-refractivity contribution < 1.29 is 35.1 Å². The van der Waals surface area contributed by atoms with Crippen LogP contribution in [0.5, 0.6) is 0 Å². The summed E-state index contributed by atoms with van der Waals surface area (Å²) in [6, 6.07) is 7.71.